The maximum absolute atomic E-state index is 14.4. The standard InChI is InChI=1S/C34H34ClN3O3S/c1-20(2)26-12-9-10-23(5)31(26)36-34(39)37-33-30(27-11-7-8-13-29(27)35)28-19-22(4)18-24(6)32(28)38(33)42(40,41)25-16-14-21(3)15-17-25/h7-20H,1-6H3,(H2,36,37,39). The number of anilines is 2. The van der Waals surface area contributed by atoms with Gasteiger partial charge in [0.1, 0.15) is 5.82 Å². The first-order chi connectivity index (χ1) is 19.9. The predicted molar refractivity (Wildman–Crippen MR) is 174 cm³/mol. The van der Waals surface area contributed by atoms with Crippen LogP contribution in [0.4, 0.5) is 16.3 Å². The Balaban J connectivity index is 1.81. The largest absolute Gasteiger partial charge is 0.324 e. The summed E-state index contributed by atoms with van der Waals surface area (Å²) < 4.78 is 30.1. The molecule has 0 bridgehead atoms. The number of amides is 2. The van der Waals surface area contributed by atoms with Gasteiger partial charge in [0.15, 0.2) is 0 Å². The zero-order valence-electron chi connectivity index (χ0n) is 24.5. The number of nitrogens with zero attached hydrogens (tertiary/aromatic N) is 1. The second-order valence-electron chi connectivity index (χ2n) is 11.0. The van der Waals surface area contributed by atoms with E-state index >= 15 is 0 Å². The lowest BCUT2D eigenvalue weighted by atomic mass is 9.98. The number of nitrogens with one attached hydrogen (secondary N) is 2. The third kappa shape index (κ3) is 5.30. The average molecular weight is 600 g/mol. The van der Waals surface area contributed by atoms with Crippen molar-refractivity contribution in [1.29, 1.82) is 0 Å². The molecular formula is C34H34ClN3O3S. The fraction of sp³-hybridized carbons (Fsp3) is 0.206. The molecule has 0 aliphatic heterocycles. The number of urea groups is 1. The lowest BCUT2D eigenvalue weighted by Crippen LogP contribution is -2.25. The summed E-state index contributed by atoms with van der Waals surface area (Å²) in [5.41, 5.74) is 6.84. The van der Waals surface area contributed by atoms with Crippen LogP contribution in [0, 0.1) is 27.7 Å². The number of para-hydroxylation sites is 1. The maximum Gasteiger partial charge on any atom is 0.324 e. The number of aromatic nitrogens is 1. The highest BCUT2D eigenvalue weighted by atomic mass is 35.5. The molecular weight excluding hydrogens is 566 g/mol. The van der Waals surface area contributed by atoms with E-state index < -0.39 is 16.1 Å². The van der Waals surface area contributed by atoms with Crippen molar-refractivity contribution in [2.24, 2.45) is 0 Å². The van der Waals surface area contributed by atoms with Crippen molar-refractivity contribution in [3.05, 3.63) is 112 Å². The van der Waals surface area contributed by atoms with Gasteiger partial charge in [0, 0.05) is 27.2 Å². The van der Waals surface area contributed by atoms with Crippen LogP contribution in [0.1, 0.15) is 47.6 Å². The molecule has 2 N–H and O–H groups in total. The summed E-state index contributed by atoms with van der Waals surface area (Å²) in [6.45, 7) is 11.8. The third-order valence-corrected chi connectivity index (χ3v) is 9.50. The third-order valence-electron chi connectivity index (χ3n) is 7.46. The summed E-state index contributed by atoms with van der Waals surface area (Å²) in [4.78, 5) is 13.9. The van der Waals surface area contributed by atoms with Gasteiger partial charge in [0.2, 0.25) is 0 Å². The molecule has 0 radical (unpaired) electrons. The summed E-state index contributed by atoms with van der Waals surface area (Å²) in [6, 6.07) is 23.1. The Hall–Kier alpha value is -4.07. The van der Waals surface area contributed by atoms with E-state index in [9.17, 15) is 13.2 Å². The topological polar surface area (TPSA) is 80.2 Å². The molecule has 0 saturated carbocycles. The summed E-state index contributed by atoms with van der Waals surface area (Å²) >= 11 is 6.72. The van der Waals surface area contributed by atoms with Crippen LogP contribution in [0.15, 0.2) is 83.8 Å². The number of fused-ring (bicyclic) bond motifs is 1. The molecule has 42 heavy (non-hydrogen) atoms. The molecule has 1 heterocycles. The normalized spacial score (nSPS) is 11.7. The van der Waals surface area contributed by atoms with Gasteiger partial charge in [-0.2, -0.15) is 0 Å². The minimum absolute atomic E-state index is 0.111. The van der Waals surface area contributed by atoms with E-state index in [-0.39, 0.29) is 16.6 Å². The highest BCUT2D eigenvalue weighted by Crippen LogP contribution is 2.45. The van der Waals surface area contributed by atoms with E-state index in [0.717, 1.165) is 27.8 Å². The second-order valence-corrected chi connectivity index (χ2v) is 13.2. The highest BCUT2D eigenvalue weighted by Gasteiger charge is 2.31. The quantitative estimate of drug-likeness (QED) is 0.204. The molecule has 0 aliphatic carbocycles. The van der Waals surface area contributed by atoms with Crippen molar-refractivity contribution in [3.63, 3.8) is 0 Å². The van der Waals surface area contributed by atoms with E-state index in [4.69, 9.17) is 11.6 Å². The van der Waals surface area contributed by atoms with E-state index in [1.54, 1.807) is 30.3 Å². The van der Waals surface area contributed by atoms with E-state index in [1.807, 2.05) is 76.2 Å². The van der Waals surface area contributed by atoms with Gasteiger partial charge >= 0.3 is 6.03 Å². The summed E-state index contributed by atoms with van der Waals surface area (Å²) in [7, 11) is -4.17. The molecule has 5 aromatic rings. The van der Waals surface area contributed by atoms with Gasteiger partial charge in [0.05, 0.1) is 10.4 Å². The summed E-state index contributed by atoms with van der Waals surface area (Å²) in [5, 5.41) is 7.06. The zero-order valence-corrected chi connectivity index (χ0v) is 26.1. The Kier molecular flexibility index (Phi) is 7.92. The number of benzene rings is 4. The first-order valence-corrected chi connectivity index (χ1v) is 15.6. The molecule has 0 spiro atoms. The number of hydrogen-bond donors (Lipinski definition) is 2. The highest BCUT2D eigenvalue weighted by molar-refractivity contribution is 7.90. The molecule has 8 heteroatoms. The van der Waals surface area contributed by atoms with E-state index in [0.29, 0.717) is 32.7 Å². The van der Waals surface area contributed by atoms with Crippen molar-refractivity contribution in [2.75, 3.05) is 10.6 Å². The Morgan fingerprint density at radius 3 is 2.17 bits per heavy atom. The predicted octanol–water partition coefficient (Wildman–Crippen LogP) is 9.20. The fourth-order valence-corrected chi connectivity index (χ4v) is 7.24. The number of carbonyl (C=O) groups excluding carboxylic acids is 1. The SMILES string of the molecule is Cc1ccc(S(=O)(=O)n2c(NC(=O)Nc3c(C)cccc3C(C)C)c(-c3ccccc3Cl)c3cc(C)cc(C)c32)cc1. The first kappa shape index (κ1) is 29.4. The van der Waals surface area contributed by atoms with Crippen molar-refractivity contribution in [2.45, 2.75) is 52.4 Å². The van der Waals surface area contributed by atoms with Crippen LogP contribution in [-0.4, -0.2) is 18.4 Å². The van der Waals surface area contributed by atoms with E-state index in [2.05, 4.69) is 24.5 Å². The Morgan fingerprint density at radius 2 is 1.50 bits per heavy atom. The molecule has 1 aromatic heterocycles. The zero-order chi connectivity index (χ0) is 30.3. The minimum atomic E-state index is -4.17. The lowest BCUT2D eigenvalue weighted by Gasteiger charge is -2.19. The molecule has 216 valence electrons. The van der Waals surface area contributed by atoms with Crippen molar-refractivity contribution in [3.8, 4) is 11.1 Å². The van der Waals surface area contributed by atoms with Crippen molar-refractivity contribution < 1.29 is 13.2 Å². The number of rotatable bonds is 6. The summed E-state index contributed by atoms with van der Waals surface area (Å²) in [6.07, 6.45) is 0. The molecule has 0 unspecified atom stereocenters. The lowest BCUT2D eigenvalue weighted by molar-refractivity contribution is 0.262. The van der Waals surface area contributed by atoms with Crippen LogP contribution < -0.4 is 10.6 Å². The smallest absolute Gasteiger partial charge is 0.307 e. The number of carbonyl (C=O) groups is 1. The van der Waals surface area contributed by atoms with Crippen LogP contribution in [0.3, 0.4) is 0 Å². The maximum atomic E-state index is 14.4. The number of hydrogen-bond acceptors (Lipinski definition) is 3. The van der Waals surface area contributed by atoms with E-state index in [1.165, 1.54) is 3.97 Å². The van der Waals surface area contributed by atoms with Gasteiger partial charge in [0.25, 0.3) is 10.0 Å². The van der Waals surface area contributed by atoms with Crippen LogP contribution in [0.2, 0.25) is 5.02 Å². The number of aryl methyl sites for hydroxylation is 4. The van der Waals surface area contributed by atoms with Crippen LogP contribution in [0.25, 0.3) is 22.0 Å². The van der Waals surface area contributed by atoms with Gasteiger partial charge in [-0.25, -0.2) is 17.2 Å². The molecule has 4 aromatic carbocycles. The Morgan fingerprint density at radius 1 is 0.810 bits per heavy atom. The number of halogens is 1. The minimum Gasteiger partial charge on any atom is -0.307 e. The molecule has 5 rings (SSSR count). The Labute approximate surface area is 252 Å². The molecule has 0 aliphatic rings. The Bertz CT molecular complexity index is 1940. The molecule has 2 amide bonds. The first-order valence-electron chi connectivity index (χ1n) is 13.8. The van der Waals surface area contributed by atoms with Crippen LogP contribution in [-0.2, 0) is 10.0 Å². The van der Waals surface area contributed by atoms with Crippen LogP contribution >= 0.6 is 11.6 Å². The monoisotopic (exact) mass is 599 g/mol. The molecule has 0 atom stereocenters. The second kappa shape index (κ2) is 11.3. The fourth-order valence-electron chi connectivity index (χ4n) is 5.46. The molecule has 6 nitrogen and oxygen atoms in total. The van der Waals surface area contributed by atoms with Gasteiger partial charge in [-0.3, -0.25) is 5.32 Å². The van der Waals surface area contributed by atoms with Gasteiger partial charge in [-0.15, -0.1) is 0 Å². The van der Waals surface area contributed by atoms with Gasteiger partial charge < -0.3 is 5.32 Å². The summed E-state index contributed by atoms with van der Waals surface area (Å²) in [5.74, 6) is 0.280. The van der Waals surface area contributed by atoms with Gasteiger partial charge in [-0.05, 0) is 74.6 Å². The average Bonchev–Trinajstić information content (AvgIpc) is 3.24. The van der Waals surface area contributed by atoms with Crippen LogP contribution in [0.5, 0.6) is 0 Å². The molecule has 0 fully saturated rings. The van der Waals surface area contributed by atoms with Crippen molar-refractivity contribution >= 4 is 50.1 Å². The van der Waals surface area contributed by atoms with Gasteiger partial charge in [-0.1, -0.05) is 91.2 Å². The molecule has 0 saturated heterocycles. The van der Waals surface area contributed by atoms with Crippen molar-refractivity contribution in [1.82, 2.24) is 3.97 Å².